The zero-order valence-electron chi connectivity index (χ0n) is 3.21. The van der Waals surface area contributed by atoms with Crippen LogP contribution in [-0.4, -0.2) is 18.9 Å². The van der Waals surface area contributed by atoms with Gasteiger partial charge in [-0.1, -0.05) is 5.57 Å². The van der Waals surface area contributed by atoms with E-state index in [0.717, 1.165) is 0 Å². The Balaban J connectivity index is 0. The van der Waals surface area contributed by atoms with Crippen LogP contribution in [0.25, 0.3) is 0 Å². The SMILES string of the molecule is C=C(C)C.[LiH]. The quantitative estimate of drug-likeness (QED) is 0.290. The molecule has 0 aliphatic rings. The van der Waals surface area contributed by atoms with Crippen LogP contribution in [0.1, 0.15) is 13.8 Å². The van der Waals surface area contributed by atoms with Crippen LogP contribution in [0.15, 0.2) is 12.2 Å². The molecule has 1 heteroatoms. The van der Waals surface area contributed by atoms with Crippen molar-refractivity contribution in [3.8, 4) is 0 Å². The van der Waals surface area contributed by atoms with Gasteiger partial charge in [-0.3, -0.25) is 0 Å². The van der Waals surface area contributed by atoms with E-state index in [9.17, 15) is 0 Å². The fraction of sp³-hybridized carbons (Fsp3) is 0.500. The Bertz CT molecular complexity index is 26.6. The molecule has 0 saturated carbocycles. The third-order valence-electron chi connectivity index (χ3n) is 0. The molecule has 0 aliphatic heterocycles. The maximum absolute atomic E-state index is 3.56. The first kappa shape index (κ1) is 9.02. The van der Waals surface area contributed by atoms with E-state index in [1.54, 1.807) is 0 Å². The van der Waals surface area contributed by atoms with Gasteiger partial charge in [0.15, 0.2) is 0 Å². The zero-order valence-corrected chi connectivity index (χ0v) is 3.21. The molecule has 0 amide bonds. The Morgan fingerprint density at radius 2 is 1.40 bits per heavy atom. The molecule has 0 aliphatic carbocycles. The first-order chi connectivity index (χ1) is 1.73. The van der Waals surface area contributed by atoms with Gasteiger partial charge in [-0.05, 0) is 13.8 Å². The molecule has 0 aromatic heterocycles. The van der Waals surface area contributed by atoms with E-state index < -0.39 is 0 Å². The van der Waals surface area contributed by atoms with Crippen molar-refractivity contribution < 1.29 is 0 Å². The number of hydrogen-bond donors (Lipinski definition) is 0. The second kappa shape index (κ2) is 4.34. The van der Waals surface area contributed by atoms with Crippen molar-refractivity contribution in [3.05, 3.63) is 12.2 Å². The number of hydrogen-bond acceptors (Lipinski definition) is 0. The van der Waals surface area contributed by atoms with Crippen LogP contribution in [0.4, 0.5) is 0 Å². The van der Waals surface area contributed by atoms with Crippen molar-refractivity contribution in [1.82, 2.24) is 0 Å². The standard InChI is InChI=1S/C4H8.Li.H/c1-4(2)3;;/h1H2,2-3H3;;. The van der Waals surface area contributed by atoms with Gasteiger partial charge < -0.3 is 0 Å². The molecule has 0 fully saturated rings. The average molecular weight is 64.1 g/mol. The van der Waals surface area contributed by atoms with E-state index in [1.807, 2.05) is 13.8 Å². The number of rotatable bonds is 0. The molecule has 0 radical (unpaired) electrons. The summed E-state index contributed by atoms with van der Waals surface area (Å²) in [7, 11) is 0. The molecule has 0 nitrogen and oxygen atoms in total. The number of allylic oxidation sites excluding steroid dienone is 1. The summed E-state index contributed by atoms with van der Waals surface area (Å²) in [5.74, 6) is 0. The second-order valence-corrected chi connectivity index (χ2v) is 1.21. The van der Waals surface area contributed by atoms with Gasteiger partial charge in [0.2, 0.25) is 0 Å². The Kier molecular flexibility index (Phi) is 7.82. The predicted molar refractivity (Wildman–Crippen MR) is 27.6 cm³/mol. The molecule has 5 heavy (non-hydrogen) atoms. The summed E-state index contributed by atoms with van der Waals surface area (Å²) in [4.78, 5) is 0. The molecule has 0 bridgehead atoms. The molecular formula is C4H9Li. The van der Waals surface area contributed by atoms with Crippen molar-refractivity contribution in [2.45, 2.75) is 13.8 Å². The maximum atomic E-state index is 3.56. The van der Waals surface area contributed by atoms with E-state index in [2.05, 4.69) is 6.58 Å². The van der Waals surface area contributed by atoms with Crippen LogP contribution >= 0.6 is 0 Å². The monoisotopic (exact) mass is 64.1 g/mol. The van der Waals surface area contributed by atoms with E-state index in [1.165, 1.54) is 5.57 Å². The van der Waals surface area contributed by atoms with E-state index >= 15 is 0 Å². The van der Waals surface area contributed by atoms with Crippen molar-refractivity contribution in [2.75, 3.05) is 0 Å². The van der Waals surface area contributed by atoms with Gasteiger partial charge in [0.05, 0.1) is 0 Å². The van der Waals surface area contributed by atoms with Gasteiger partial charge >= 0.3 is 18.9 Å². The summed E-state index contributed by atoms with van der Waals surface area (Å²) in [6, 6.07) is 0. The Hall–Kier alpha value is 0.337. The fourth-order valence-electron chi connectivity index (χ4n) is 0. The van der Waals surface area contributed by atoms with Crippen LogP contribution in [-0.2, 0) is 0 Å². The minimum absolute atomic E-state index is 0. The van der Waals surface area contributed by atoms with E-state index in [0.29, 0.717) is 0 Å². The summed E-state index contributed by atoms with van der Waals surface area (Å²) in [5, 5.41) is 0. The van der Waals surface area contributed by atoms with Crippen molar-refractivity contribution >= 4 is 18.9 Å². The second-order valence-electron chi connectivity index (χ2n) is 1.21. The molecule has 0 aromatic rings. The average Bonchev–Trinajstić information content (AvgIpc) is 0.811. The van der Waals surface area contributed by atoms with Gasteiger partial charge in [0, 0.05) is 0 Å². The van der Waals surface area contributed by atoms with Gasteiger partial charge in [-0.15, -0.1) is 6.58 Å². The van der Waals surface area contributed by atoms with Gasteiger partial charge in [-0.2, -0.15) is 0 Å². The van der Waals surface area contributed by atoms with E-state index in [4.69, 9.17) is 0 Å². The van der Waals surface area contributed by atoms with Crippen LogP contribution in [0.5, 0.6) is 0 Å². The summed E-state index contributed by atoms with van der Waals surface area (Å²) in [5.41, 5.74) is 1.17. The van der Waals surface area contributed by atoms with E-state index in [-0.39, 0.29) is 18.9 Å². The minimum atomic E-state index is 0. The molecular weight excluding hydrogens is 55.0 g/mol. The van der Waals surface area contributed by atoms with Crippen LogP contribution < -0.4 is 0 Å². The summed E-state index contributed by atoms with van der Waals surface area (Å²) < 4.78 is 0. The molecule has 0 atom stereocenters. The van der Waals surface area contributed by atoms with Gasteiger partial charge in [0.1, 0.15) is 0 Å². The topological polar surface area (TPSA) is 0 Å². The van der Waals surface area contributed by atoms with Crippen LogP contribution in [0.3, 0.4) is 0 Å². The predicted octanol–water partition coefficient (Wildman–Crippen LogP) is 0.934. The summed E-state index contributed by atoms with van der Waals surface area (Å²) >= 11 is 0. The Morgan fingerprint density at radius 3 is 1.40 bits per heavy atom. The summed E-state index contributed by atoms with van der Waals surface area (Å²) in [6.45, 7) is 7.50. The molecule has 0 rings (SSSR count). The first-order valence-corrected chi connectivity index (χ1v) is 1.35. The fourth-order valence-corrected chi connectivity index (χ4v) is 0. The molecule has 0 spiro atoms. The normalized spacial score (nSPS) is 5.20. The molecule has 0 heterocycles. The third-order valence-corrected chi connectivity index (χ3v) is 0. The zero-order chi connectivity index (χ0) is 3.58. The Labute approximate surface area is 45.4 Å². The molecule has 0 unspecified atom stereocenters. The summed E-state index contributed by atoms with van der Waals surface area (Å²) in [6.07, 6.45) is 0. The van der Waals surface area contributed by atoms with Crippen molar-refractivity contribution in [3.63, 3.8) is 0 Å². The van der Waals surface area contributed by atoms with Crippen molar-refractivity contribution in [2.24, 2.45) is 0 Å². The third kappa shape index (κ3) is 208. The van der Waals surface area contributed by atoms with Gasteiger partial charge in [-0.25, -0.2) is 0 Å². The molecule has 0 N–H and O–H groups in total. The molecule has 0 saturated heterocycles. The van der Waals surface area contributed by atoms with Crippen LogP contribution in [0.2, 0.25) is 0 Å². The van der Waals surface area contributed by atoms with Crippen LogP contribution in [0, 0.1) is 0 Å². The molecule has 26 valence electrons. The van der Waals surface area contributed by atoms with Crippen molar-refractivity contribution in [1.29, 1.82) is 0 Å². The molecule has 0 aromatic carbocycles. The van der Waals surface area contributed by atoms with Gasteiger partial charge in [0.25, 0.3) is 0 Å². The first-order valence-electron chi connectivity index (χ1n) is 1.35. The Morgan fingerprint density at radius 1 is 1.40 bits per heavy atom.